The third kappa shape index (κ3) is 4.86. The summed E-state index contributed by atoms with van der Waals surface area (Å²) >= 11 is 0. The summed E-state index contributed by atoms with van der Waals surface area (Å²) in [7, 11) is 1.64. The number of halogens is 3. The standard InChI is InChI=1S/C26H30F3N5O2/c1-15-19(7-6-8-21(15)26(27,28)29)16(2)31-24-20-13-23(30-14-22(20)32-17(3)33-24)25(36-5)9-11-34(12-10-25)18(4)35/h6-8,13-14,16H,9-12H2,1-5H3,(H,31,32,33)/t16-/m1/s1. The molecule has 0 spiro atoms. The number of carbonyl (C=O) groups is 1. The zero-order valence-electron chi connectivity index (χ0n) is 21.0. The van der Waals surface area contributed by atoms with E-state index in [2.05, 4.69) is 20.3 Å². The van der Waals surface area contributed by atoms with E-state index in [0.717, 1.165) is 6.07 Å². The number of aryl methyl sites for hydroxylation is 1. The van der Waals surface area contributed by atoms with Crippen molar-refractivity contribution in [3.8, 4) is 0 Å². The number of nitrogens with one attached hydrogen (secondary N) is 1. The van der Waals surface area contributed by atoms with Gasteiger partial charge in [0, 0.05) is 32.5 Å². The molecule has 0 radical (unpaired) electrons. The summed E-state index contributed by atoms with van der Waals surface area (Å²) in [5.74, 6) is 1.06. The van der Waals surface area contributed by atoms with Crippen LogP contribution in [0.25, 0.3) is 10.9 Å². The molecule has 1 aliphatic rings. The first-order chi connectivity index (χ1) is 16.9. The topological polar surface area (TPSA) is 80.2 Å². The average molecular weight is 502 g/mol. The van der Waals surface area contributed by atoms with Crippen molar-refractivity contribution < 1.29 is 22.7 Å². The highest BCUT2D eigenvalue weighted by Crippen LogP contribution is 2.38. The number of fused-ring (bicyclic) bond motifs is 1. The van der Waals surface area contributed by atoms with Gasteiger partial charge in [-0.25, -0.2) is 9.97 Å². The number of piperidine rings is 1. The second-order valence-electron chi connectivity index (χ2n) is 9.29. The lowest BCUT2D eigenvalue weighted by Crippen LogP contribution is -2.45. The number of carbonyl (C=O) groups excluding carboxylic acids is 1. The van der Waals surface area contributed by atoms with Crippen molar-refractivity contribution in [3.05, 3.63) is 58.7 Å². The van der Waals surface area contributed by atoms with E-state index in [4.69, 9.17) is 4.74 Å². The molecule has 2 aromatic heterocycles. The Kier molecular flexibility index (Phi) is 6.92. The molecule has 3 heterocycles. The van der Waals surface area contributed by atoms with Crippen LogP contribution < -0.4 is 5.32 Å². The predicted molar refractivity (Wildman–Crippen MR) is 130 cm³/mol. The lowest BCUT2D eigenvalue weighted by molar-refractivity contribution is -0.138. The summed E-state index contributed by atoms with van der Waals surface area (Å²) in [6.45, 7) is 7.72. The number of aromatic nitrogens is 3. The SMILES string of the molecule is COC1(c2cc3c(N[C@H](C)c4cccc(C(F)(F)F)c4C)nc(C)nc3cn2)CCN(C(C)=O)CC1. The van der Waals surface area contributed by atoms with Crippen LogP contribution in [0.5, 0.6) is 0 Å². The van der Waals surface area contributed by atoms with E-state index in [-0.39, 0.29) is 11.5 Å². The van der Waals surface area contributed by atoms with Crippen LogP contribution in [0.3, 0.4) is 0 Å². The maximum Gasteiger partial charge on any atom is 0.416 e. The normalized spacial score (nSPS) is 16.7. The molecule has 192 valence electrons. The van der Waals surface area contributed by atoms with Crippen molar-refractivity contribution in [2.24, 2.45) is 0 Å². The number of rotatable bonds is 5. The average Bonchev–Trinajstić information content (AvgIpc) is 2.83. The number of methoxy groups -OCH3 is 1. The predicted octanol–water partition coefficient (Wildman–Crippen LogP) is 5.32. The molecule has 1 aliphatic heterocycles. The monoisotopic (exact) mass is 501 g/mol. The first kappa shape index (κ1) is 25.8. The first-order valence-electron chi connectivity index (χ1n) is 11.8. The fourth-order valence-electron chi connectivity index (χ4n) is 4.97. The third-order valence-electron chi connectivity index (χ3n) is 7.07. The van der Waals surface area contributed by atoms with Crippen LogP contribution >= 0.6 is 0 Å². The van der Waals surface area contributed by atoms with Crippen molar-refractivity contribution in [3.63, 3.8) is 0 Å². The van der Waals surface area contributed by atoms with E-state index in [1.807, 2.05) is 13.0 Å². The van der Waals surface area contributed by atoms with Crippen LogP contribution in [0.15, 0.2) is 30.5 Å². The Balaban J connectivity index is 1.71. The van der Waals surface area contributed by atoms with E-state index < -0.39 is 23.4 Å². The Morgan fingerprint density at radius 2 is 1.89 bits per heavy atom. The van der Waals surface area contributed by atoms with Crippen LogP contribution in [0.4, 0.5) is 19.0 Å². The van der Waals surface area contributed by atoms with Gasteiger partial charge in [0.25, 0.3) is 0 Å². The second kappa shape index (κ2) is 9.65. The fourth-order valence-corrected chi connectivity index (χ4v) is 4.97. The van der Waals surface area contributed by atoms with Gasteiger partial charge in [-0.15, -0.1) is 0 Å². The number of ether oxygens (including phenoxy) is 1. The second-order valence-corrected chi connectivity index (χ2v) is 9.29. The lowest BCUT2D eigenvalue weighted by Gasteiger charge is -2.40. The van der Waals surface area contributed by atoms with Gasteiger partial charge in [-0.2, -0.15) is 13.2 Å². The maximum absolute atomic E-state index is 13.5. The van der Waals surface area contributed by atoms with Crippen LogP contribution in [0, 0.1) is 13.8 Å². The molecule has 4 rings (SSSR count). The van der Waals surface area contributed by atoms with Crippen molar-refractivity contribution in [2.75, 3.05) is 25.5 Å². The number of benzene rings is 1. The molecule has 1 N–H and O–H groups in total. The molecule has 0 bridgehead atoms. The lowest BCUT2D eigenvalue weighted by atomic mass is 9.87. The van der Waals surface area contributed by atoms with Crippen molar-refractivity contribution in [1.82, 2.24) is 19.9 Å². The Morgan fingerprint density at radius 3 is 2.50 bits per heavy atom. The summed E-state index contributed by atoms with van der Waals surface area (Å²) in [6, 6.07) is 5.64. The molecule has 0 unspecified atom stereocenters. The molecule has 1 amide bonds. The molecular weight excluding hydrogens is 471 g/mol. The number of nitrogens with zero attached hydrogens (tertiary/aromatic N) is 4. The Morgan fingerprint density at radius 1 is 1.19 bits per heavy atom. The molecule has 1 atom stereocenters. The van der Waals surface area contributed by atoms with Crippen molar-refractivity contribution in [2.45, 2.75) is 58.4 Å². The number of amides is 1. The Labute approximate surface area is 208 Å². The summed E-state index contributed by atoms with van der Waals surface area (Å²) in [6.07, 6.45) is -1.57. The smallest absolute Gasteiger partial charge is 0.372 e. The number of alkyl halides is 3. The maximum atomic E-state index is 13.5. The Hall–Kier alpha value is -3.27. The number of hydrogen-bond acceptors (Lipinski definition) is 6. The fraction of sp³-hybridized carbons (Fsp3) is 0.462. The van der Waals surface area contributed by atoms with Gasteiger partial charge < -0.3 is 15.0 Å². The minimum Gasteiger partial charge on any atom is -0.372 e. The van der Waals surface area contributed by atoms with Gasteiger partial charge in [-0.3, -0.25) is 9.78 Å². The summed E-state index contributed by atoms with van der Waals surface area (Å²) in [5.41, 5.74) is 0.730. The van der Waals surface area contributed by atoms with Gasteiger partial charge in [0.2, 0.25) is 5.91 Å². The number of hydrogen-bond donors (Lipinski definition) is 1. The molecule has 3 aromatic rings. The van der Waals surface area contributed by atoms with Crippen LogP contribution in [0.1, 0.15) is 60.9 Å². The molecule has 1 fully saturated rings. The zero-order chi connectivity index (χ0) is 26.3. The summed E-state index contributed by atoms with van der Waals surface area (Å²) in [4.78, 5) is 27.3. The minimum absolute atomic E-state index is 0.0282. The molecular formula is C26H30F3N5O2. The van der Waals surface area contributed by atoms with E-state index >= 15 is 0 Å². The highest BCUT2D eigenvalue weighted by atomic mass is 19.4. The van der Waals surface area contributed by atoms with Crippen molar-refractivity contribution >= 4 is 22.6 Å². The zero-order valence-corrected chi connectivity index (χ0v) is 21.0. The van der Waals surface area contributed by atoms with Gasteiger partial charge in [-0.1, -0.05) is 12.1 Å². The number of likely N-dealkylation sites (tertiary alicyclic amines) is 1. The van der Waals surface area contributed by atoms with Gasteiger partial charge in [0.1, 0.15) is 17.2 Å². The highest BCUT2D eigenvalue weighted by Gasteiger charge is 2.39. The molecule has 1 aromatic carbocycles. The van der Waals surface area contributed by atoms with Gasteiger partial charge in [0.05, 0.1) is 29.0 Å². The minimum atomic E-state index is -4.43. The molecule has 36 heavy (non-hydrogen) atoms. The van der Waals surface area contributed by atoms with E-state index in [1.165, 1.54) is 13.0 Å². The largest absolute Gasteiger partial charge is 0.416 e. The van der Waals surface area contributed by atoms with Crippen LogP contribution in [-0.2, 0) is 21.3 Å². The van der Waals surface area contributed by atoms with E-state index in [1.54, 1.807) is 38.1 Å². The number of pyridine rings is 1. The quantitative estimate of drug-likeness (QED) is 0.510. The van der Waals surface area contributed by atoms with Gasteiger partial charge in [0.15, 0.2) is 0 Å². The van der Waals surface area contributed by atoms with Gasteiger partial charge >= 0.3 is 6.18 Å². The summed E-state index contributed by atoms with van der Waals surface area (Å²) < 4.78 is 46.3. The number of anilines is 1. The van der Waals surface area contributed by atoms with Crippen molar-refractivity contribution in [1.29, 1.82) is 0 Å². The van der Waals surface area contributed by atoms with Crippen LogP contribution in [-0.4, -0.2) is 46.0 Å². The highest BCUT2D eigenvalue weighted by molar-refractivity contribution is 5.89. The third-order valence-corrected chi connectivity index (χ3v) is 7.07. The van der Waals surface area contributed by atoms with E-state index in [9.17, 15) is 18.0 Å². The molecule has 7 nitrogen and oxygen atoms in total. The van der Waals surface area contributed by atoms with Gasteiger partial charge in [-0.05, 0) is 56.9 Å². The molecule has 0 aliphatic carbocycles. The first-order valence-corrected chi connectivity index (χ1v) is 11.8. The summed E-state index contributed by atoms with van der Waals surface area (Å²) in [5, 5.41) is 4.01. The molecule has 10 heteroatoms. The van der Waals surface area contributed by atoms with E-state index in [0.29, 0.717) is 59.7 Å². The molecule has 0 saturated carbocycles. The van der Waals surface area contributed by atoms with Crippen LogP contribution in [0.2, 0.25) is 0 Å². The Bertz CT molecular complexity index is 1290. The molecule has 1 saturated heterocycles.